The minimum atomic E-state index is -0.133. The lowest BCUT2D eigenvalue weighted by Gasteiger charge is -2.28. The molecule has 25 heavy (non-hydrogen) atoms. The fourth-order valence-electron chi connectivity index (χ4n) is 3.36. The van der Waals surface area contributed by atoms with Gasteiger partial charge in [-0.25, -0.2) is 4.98 Å². The fourth-order valence-corrected chi connectivity index (χ4v) is 4.22. The molecule has 7 heteroatoms. The standard InChI is InChI=1S/C18H21N5OS/c1-13-11-16(24)23-18(20-13)25-17(21-23)19-12-15(22-9-5-6-10-22)14-7-3-2-4-8-14/h2-4,7-8,11,15H,5-6,9-10,12H2,1H3,(H,19,21). The molecule has 1 aliphatic rings. The van der Waals surface area contributed by atoms with Gasteiger partial charge in [-0.3, -0.25) is 9.69 Å². The van der Waals surface area contributed by atoms with Gasteiger partial charge in [-0.05, 0) is 38.4 Å². The van der Waals surface area contributed by atoms with Gasteiger partial charge in [-0.15, -0.1) is 5.10 Å². The maximum Gasteiger partial charge on any atom is 0.275 e. The van der Waals surface area contributed by atoms with Crippen LogP contribution in [-0.2, 0) is 0 Å². The van der Waals surface area contributed by atoms with Crippen LogP contribution in [0.25, 0.3) is 4.96 Å². The molecule has 1 atom stereocenters. The van der Waals surface area contributed by atoms with E-state index in [9.17, 15) is 4.79 Å². The Hall–Kier alpha value is -2.25. The van der Waals surface area contributed by atoms with Crippen molar-refractivity contribution in [3.63, 3.8) is 0 Å². The maximum atomic E-state index is 12.0. The first kappa shape index (κ1) is 16.2. The summed E-state index contributed by atoms with van der Waals surface area (Å²) in [4.78, 5) is 19.5. The summed E-state index contributed by atoms with van der Waals surface area (Å²) < 4.78 is 1.37. The summed E-state index contributed by atoms with van der Waals surface area (Å²) in [5, 5.41) is 8.53. The third-order valence-electron chi connectivity index (χ3n) is 4.59. The lowest BCUT2D eigenvalue weighted by atomic mass is 10.1. The van der Waals surface area contributed by atoms with Gasteiger partial charge in [0.25, 0.3) is 5.56 Å². The van der Waals surface area contributed by atoms with Crippen LogP contribution in [0, 0.1) is 6.92 Å². The number of aromatic nitrogens is 3. The van der Waals surface area contributed by atoms with Crippen LogP contribution in [0.1, 0.15) is 30.1 Å². The van der Waals surface area contributed by atoms with Crippen LogP contribution in [0.3, 0.4) is 0 Å². The van der Waals surface area contributed by atoms with E-state index in [0.717, 1.165) is 30.5 Å². The summed E-state index contributed by atoms with van der Waals surface area (Å²) in [5.41, 5.74) is 1.90. The van der Waals surface area contributed by atoms with Crippen molar-refractivity contribution in [2.45, 2.75) is 25.8 Å². The molecule has 130 valence electrons. The number of likely N-dealkylation sites (tertiary alicyclic amines) is 1. The zero-order valence-electron chi connectivity index (χ0n) is 14.2. The van der Waals surface area contributed by atoms with Gasteiger partial charge in [-0.2, -0.15) is 4.52 Å². The minimum absolute atomic E-state index is 0.133. The molecule has 1 fully saturated rings. The molecule has 1 aliphatic heterocycles. The van der Waals surface area contributed by atoms with E-state index in [1.54, 1.807) is 0 Å². The second-order valence-electron chi connectivity index (χ2n) is 6.39. The van der Waals surface area contributed by atoms with Gasteiger partial charge in [0.15, 0.2) is 0 Å². The van der Waals surface area contributed by atoms with Gasteiger partial charge in [0, 0.05) is 18.3 Å². The predicted molar refractivity (Wildman–Crippen MR) is 100 cm³/mol. The molecule has 2 aromatic heterocycles. The van der Waals surface area contributed by atoms with Crippen molar-refractivity contribution in [1.29, 1.82) is 0 Å². The van der Waals surface area contributed by atoms with Crippen molar-refractivity contribution >= 4 is 21.4 Å². The normalized spacial score (nSPS) is 16.4. The number of fused-ring (bicyclic) bond motifs is 1. The fraction of sp³-hybridized carbons (Fsp3) is 0.389. The lowest BCUT2D eigenvalue weighted by Crippen LogP contribution is -2.31. The Balaban J connectivity index is 1.57. The summed E-state index contributed by atoms with van der Waals surface area (Å²) in [7, 11) is 0. The molecular weight excluding hydrogens is 334 g/mol. The first-order chi connectivity index (χ1) is 12.2. The number of nitrogens with one attached hydrogen (secondary N) is 1. The predicted octanol–water partition coefficient (Wildman–Crippen LogP) is 2.71. The van der Waals surface area contributed by atoms with Crippen molar-refractivity contribution in [3.05, 3.63) is 58.0 Å². The van der Waals surface area contributed by atoms with E-state index in [0.29, 0.717) is 11.0 Å². The lowest BCUT2D eigenvalue weighted by molar-refractivity contribution is 0.256. The van der Waals surface area contributed by atoms with Crippen molar-refractivity contribution in [3.8, 4) is 0 Å². The molecule has 3 heterocycles. The molecular formula is C18H21N5OS. The Bertz CT molecular complexity index is 914. The first-order valence-electron chi connectivity index (χ1n) is 8.61. The topological polar surface area (TPSA) is 62.5 Å². The van der Waals surface area contributed by atoms with E-state index < -0.39 is 0 Å². The second kappa shape index (κ2) is 6.93. The van der Waals surface area contributed by atoms with Crippen LogP contribution in [0.2, 0.25) is 0 Å². The molecule has 6 nitrogen and oxygen atoms in total. The largest absolute Gasteiger partial charge is 0.358 e. The Morgan fingerprint density at radius 3 is 2.76 bits per heavy atom. The molecule has 0 aliphatic carbocycles. The van der Waals surface area contributed by atoms with Gasteiger partial charge >= 0.3 is 0 Å². The molecule has 4 rings (SSSR count). The third kappa shape index (κ3) is 3.43. The number of hydrogen-bond acceptors (Lipinski definition) is 6. The highest BCUT2D eigenvalue weighted by molar-refractivity contribution is 7.20. The Morgan fingerprint density at radius 2 is 2.00 bits per heavy atom. The second-order valence-corrected chi connectivity index (χ2v) is 7.34. The minimum Gasteiger partial charge on any atom is -0.358 e. The van der Waals surface area contributed by atoms with Gasteiger partial charge < -0.3 is 5.32 Å². The average molecular weight is 355 g/mol. The molecule has 0 amide bonds. The Kier molecular flexibility index (Phi) is 4.50. The molecule has 0 bridgehead atoms. The summed E-state index contributed by atoms with van der Waals surface area (Å²) in [6, 6.07) is 12.4. The summed E-state index contributed by atoms with van der Waals surface area (Å²) in [5.74, 6) is 0. The van der Waals surface area contributed by atoms with Gasteiger partial charge in [0.2, 0.25) is 10.1 Å². The molecule has 1 N–H and O–H groups in total. The van der Waals surface area contributed by atoms with E-state index in [4.69, 9.17) is 0 Å². The smallest absolute Gasteiger partial charge is 0.275 e. The van der Waals surface area contributed by atoms with Crippen LogP contribution in [0.15, 0.2) is 41.2 Å². The van der Waals surface area contributed by atoms with E-state index in [2.05, 4.69) is 44.6 Å². The SMILES string of the molecule is Cc1cc(=O)n2nc(NCC(c3ccccc3)N3CCCC3)sc2n1. The number of hydrogen-bond donors (Lipinski definition) is 1. The highest BCUT2D eigenvalue weighted by atomic mass is 32.1. The van der Waals surface area contributed by atoms with Crippen molar-refractivity contribution < 1.29 is 0 Å². The van der Waals surface area contributed by atoms with Crippen LogP contribution < -0.4 is 10.9 Å². The van der Waals surface area contributed by atoms with Crippen LogP contribution in [0.5, 0.6) is 0 Å². The zero-order chi connectivity index (χ0) is 17.2. The molecule has 0 spiro atoms. The molecule has 3 aromatic rings. The number of nitrogens with zero attached hydrogens (tertiary/aromatic N) is 4. The molecule has 1 unspecified atom stereocenters. The van der Waals surface area contributed by atoms with E-state index in [1.165, 1.54) is 40.3 Å². The zero-order valence-corrected chi connectivity index (χ0v) is 15.0. The van der Waals surface area contributed by atoms with Crippen LogP contribution in [0.4, 0.5) is 5.13 Å². The number of aryl methyl sites for hydroxylation is 1. The third-order valence-corrected chi connectivity index (χ3v) is 5.45. The van der Waals surface area contributed by atoms with Crippen molar-refractivity contribution in [2.75, 3.05) is 25.0 Å². The Labute approximate surface area is 150 Å². The first-order valence-corrected chi connectivity index (χ1v) is 9.43. The van der Waals surface area contributed by atoms with Gasteiger partial charge in [-0.1, -0.05) is 41.7 Å². The maximum absolute atomic E-state index is 12.0. The van der Waals surface area contributed by atoms with E-state index in [-0.39, 0.29) is 5.56 Å². The number of anilines is 1. The summed E-state index contributed by atoms with van der Waals surface area (Å²) >= 11 is 1.42. The Morgan fingerprint density at radius 1 is 1.24 bits per heavy atom. The summed E-state index contributed by atoms with van der Waals surface area (Å²) in [6.07, 6.45) is 2.51. The molecule has 0 saturated carbocycles. The number of benzene rings is 1. The van der Waals surface area contributed by atoms with Crippen molar-refractivity contribution in [2.24, 2.45) is 0 Å². The quantitative estimate of drug-likeness (QED) is 0.762. The monoisotopic (exact) mass is 355 g/mol. The number of rotatable bonds is 5. The highest BCUT2D eigenvalue weighted by Crippen LogP contribution is 2.26. The highest BCUT2D eigenvalue weighted by Gasteiger charge is 2.23. The molecule has 1 saturated heterocycles. The molecule has 1 aromatic carbocycles. The molecule has 0 radical (unpaired) electrons. The summed E-state index contributed by atoms with van der Waals surface area (Å²) in [6.45, 7) is 4.84. The van der Waals surface area contributed by atoms with E-state index >= 15 is 0 Å². The van der Waals surface area contributed by atoms with Gasteiger partial charge in [0.1, 0.15) is 0 Å². The van der Waals surface area contributed by atoms with Crippen LogP contribution in [-0.4, -0.2) is 39.1 Å². The average Bonchev–Trinajstić information content (AvgIpc) is 3.26. The van der Waals surface area contributed by atoms with Gasteiger partial charge in [0.05, 0.1) is 6.04 Å². The van der Waals surface area contributed by atoms with E-state index in [1.807, 2.05) is 13.0 Å². The van der Waals surface area contributed by atoms with Crippen molar-refractivity contribution in [1.82, 2.24) is 19.5 Å². The van der Waals surface area contributed by atoms with Crippen LogP contribution >= 0.6 is 11.3 Å².